The topological polar surface area (TPSA) is 0 Å². The molecule has 0 N–H and O–H groups in total. The van der Waals surface area contributed by atoms with Crippen LogP contribution in [0.2, 0.25) is 0 Å². The zero-order valence-electron chi connectivity index (χ0n) is 36.7. The van der Waals surface area contributed by atoms with Crippen LogP contribution in [-0.4, -0.2) is 0 Å². The van der Waals surface area contributed by atoms with Crippen molar-refractivity contribution in [1.82, 2.24) is 0 Å². The SMILES string of the molecule is [2H]c1c([2H])c2c(c([2H])c1-c1c([2H])c([2H])c3c(c1[2H])-c1ccccc1C3c1cccc3sc4ccccc4c13)-c1c(-c3ccccc3)cccc1C2c1ccc(-c2ccccc2)cc1. The molecule has 9 aromatic carbocycles. The minimum atomic E-state index is -0.431. The largest absolute Gasteiger partial charge is 0.135 e. The third kappa shape index (κ3) is 5.06. The maximum atomic E-state index is 10.2. The summed E-state index contributed by atoms with van der Waals surface area (Å²) in [5.41, 5.74) is 11.9. The standard InChI is InChI=1S/C56H36S/c1-3-13-35(14-4-1)36-25-27-38(28-26-36)53-45-32-30-40(34-50(45)54-41(20-11-21-47(53)54)37-15-5-2-6-16-37)39-29-31-44-49(33-39)42-17-7-8-18-43(42)55(44)48-22-12-24-52-56(48)46-19-9-10-23-51(46)57-52/h1-34,53,55H/i29D,30D,31D,32D,33D,34D. The molecule has 2 aliphatic rings. The van der Waals surface area contributed by atoms with Crippen molar-refractivity contribution in [1.29, 1.82) is 0 Å². The maximum Gasteiger partial charge on any atom is 0.0636 e. The molecule has 2 atom stereocenters. The fourth-order valence-electron chi connectivity index (χ4n) is 9.37. The summed E-state index contributed by atoms with van der Waals surface area (Å²) in [4.78, 5) is 0. The Balaban J connectivity index is 1.11. The predicted octanol–water partition coefficient (Wildman–Crippen LogP) is 15.4. The van der Waals surface area contributed by atoms with Crippen LogP contribution in [0.3, 0.4) is 0 Å². The van der Waals surface area contributed by atoms with Crippen molar-refractivity contribution in [2.45, 2.75) is 11.8 Å². The van der Waals surface area contributed by atoms with Crippen molar-refractivity contribution >= 4 is 31.5 Å². The van der Waals surface area contributed by atoms with Crippen LogP contribution in [0, 0.1) is 0 Å². The summed E-state index contributed by atoms with van der Waals surface area (Å²) in [5, 5.41) is 2.25. The first-order valence-electron chi connectivity index (χ1n) is 22.4. The first-order valence-corrected chi connectivity index (χ1v) is 20.2. The van der Waals surface area contributed by atoms with Crippen molar-refractivity contribution in [3.63, 3.8) is 0 Å². The van der Waals surface area contributed by atoms with E-state index in [1.165, 1.54) is 4.70 Å². The molecule has 0 spiro atoms. The molecule has 1 heteroatoms. The van der Waals surface area contributed by atoms with Gasteiger partial charge in [0.05, 0.1) is 8.22 Å². The summed E-state index contributed by atoms with van der Waals surface area (Å²) in [7, 11) is 0. The second kappa shape index (κ2) is 12.9. The molecule has 10 aromatic rings. The summed E-state index contributed by atoms with van der Waals surface area (Å²) in [6.07, 6.45) is 0. The van der Waals surface area contributed by atoms with Gasteiger partial charge in [-0.25, -0.2) is 0 Å². The van der Waals surface area contributed by atoms with Gasteiger partial charge < -0.3 is 0 Å². The lowest BCUT2D eigenvalue weighted by molar-refractivity contribution is 1.02. The number of hydrogen-bond donors (Lipinski definition) is 0. The lowest BCUT2D eigenvalue weighted by Gasteiger charge is -2.17. The fourth-order valence-corrected chi connectivity index (χ4v) is 10.5. The van der Waals surface area contributed by atoms with Crippen LogP contribution >= 0.6 is 11.3 Å². The summed E-state index contributed by atoms with van der Waals surface area (Å²) in [6.45, 7) is 0. The molecule has 0 fully saturated rings. The molecule has 0 nitrogen and oxygen atoms in total. The van der Waals surface area contributed by atoms with Gasteiger partial charge in [0.15, 0.2) is 0 Å². The molecule has 1 aromatic heterocycles. The van der Waals surface area contributed by atoms with E-state index in [-0.39, 0.29) is 47.4 Å². The monoisotopic (exact) mass is 746 g/mol. The van der Waals surface area contributed by atoms with E-state index in [1.807, 2.05) is 91.0 Å². The van der Waals surface area contributed by atoms with E-state index in [0.717, 1.165) is 71.1 Å². The number of thiophene rings is 1. The van der Waals surface area contributed by atoms with Crippen molar-refractivity contribution < 1.29 is 8.22 Å². The van der Waals surface area contributed by atoms with E-state index in [0.29, 0.717) is 22.3 Å². The van der Waals surface area contributed by atoms with Gasteiger partial charge >= 0.3 is 0 Å². The Hall–Kier alpha value is -6.80. The second-order valence-corrected chi connectivity index (χ2v) is 16.1. The summed E-state index contributed by atoms with van der Waals surface area (Å²) in [6, 6.07) is 56.9. The minimum Gasteiger partial charge on any atom is -0.135 e. The normalized spacial score (nSPS) is 16.5. The number of hydrogen-bond acceptors (Lipinski definition) is 1. The Morgan fingerprint density at radius 2 is 0.930 bits per heavy atom. The number of fused-ring (bicyclic) bond motifs is 9. The number of benzene rings is 9. The summed E-state index contributed by atoms with van der Waals surface area (Å²) < 4.78 is 61.8. The molecule has 1 heterocycles. The maximum absolute atomic E-state index is 10.2. The first-order chi connectivity index (χ1) is 30.8. The smallest absolute Gasteiger partial charge is 0.0636 e. The molecule has 2 unspecified atom stereocenters. The Morgan fingerprint density at radius 3 is 1.74 bits per heavy atom. The molecule has 266 valence electrons. The zero-order valence-corrected chi connectivity index (χ0v) is 31.5. The molecule has 0 saturated heterocycles. The molecular weight excluding hydrogens is 705 g/mol. The highest BCUT2D eigenvalue weighted by Gasteiger charge is 2.34. The predicted molar refractivity (Wildman–Crippen MR) is 241 cm³/mol. The van der Waals surface area contributed by atoms with Gasteiger partial charge in [0.2, 0.25) is 0 Å². The first kappa shape index (κ1) is 26.9. The Bertz CT molecular complexity index is 3520. The summed E-state index contributed by atoms with van der Waals surface area (Å²) in [5.74, 6) is -0.834. The second-order valence-electron chi connectivity index (χ2n) is 15.0. The van der Waals surface area contributed by atoms with Crippen LogP contribution in [0.15, 0.2) is 206 Å². The van der Waals surface area contributed by atoms with Crippen LogP contribution in [0.5, 0.6) is 0 Å². The summed E-state index contributed by atoms with van der Waals surface area (Å²) >= 11 is 1.73. The number of rotatable bonds is 5. The molecule has 0 amide bonds. The van der Waals surface area contributed by atoms with Crippen molar-refractivity contribution in [3.8, 4) is 55.6 Å². The van der Waals surface area contributed by atoms with E-state index < -0.39 is 11.8 Å². The lowest BCUT2D eigenvalue weighted by Crippen LogP contribution is -2.00. The van der Waals surface area contributed by atoms with Gasteiger partial charge in [0, 0.05) is 32.0 Å². The average molecular weight is 747 g/mol. The van der Waals surface area contributed by atoms with Crippen LogP contribution in [0.25, 0.3) is 75.8 Å². The highest BCUT2D eigenvalue weighted by molar-refractivity contribution is 7.25. The average Bonchev–Trinajstić information content (AvgIpc) is 4.01. The van der Waals surface area contributed by atoms with Gasteiger partial charge in [-0.2, -0.15) is 0 Å². The van der Waals surface area contributed by atoms with Crippen molar-refractivity contribution in [2.75, 3.05) is 0 Å². The van der Waals surface area contributed by atoms with E-state index in [2.05, 4.69) is 78.9 Å². The molecule has 12 rings (SSSR count). The quantitative estimate of drug-likeness (QED) is 0.165. The van der Waals surface area contributed by atoms with Gasteiger partial charge in [-0.05, 0) is 113 Å². The van der Waals surface area contributed by atoms with E-state index in [9.17, 15) is 8.22 Å². The van der Waals surface area contributed by atoms with Crippen LogP contribution in [0.1, 0.15) is 53.4 Å². The van der Waals surface area contributed by atoms with E-state index in [4.69, 9.17) is 0 Å². The lowest BCUT2D eigenvalue weighted by atomic mass is 9.86. The molecule has 0 radical (unpaired) electrons. The van der Waals surface area contributed by atoms with Crippen LogP contribution in [0.4, 0.5) is 0 Å². The van der Waals surface area contributed by atoms with Crippen molar-refractivity contribution in [2.24, 2.45) is 0 Å². The molecule has 57 heavy (non-hydrogen) atoms. The van der Waals surface area contributed by atoms with E-state index in [1.54, 1.807) is 11.3 Å². The highest BCUT2D eigenvalue weighted by Crippen LogP contribution is 2.54. The van der Waals surface area contributed by atoms with E-state index >= 15 is 0 Å². The van der Waals surface area contributed by atoms with Gasteiger partial charge in [0.1, 0.15) is 0 Å². The Labute approximate surface area is 345 Å². The molecule has 2 aliphatic carbocycles. The third-order valence-corrected chi connectivity index (χ3v) is 13.0. The van der Waals surface area contributed by atoms with Crippen molar-refractivity contribution in [3.05, 3.63) is 239 Å². The Kier molecular flexibility index (Phi) is 6.08. The fraction of sp³-hybridized carbons (Fsp3) is 0.0357. The Morgan fingerprint density at radius 1 is 0.351 bits per heavy atom. The van der Waals surface area contributed by atoms with Crippen LogP contribution < -0.4 is 0 Å². The molecular formula is C56H36S. The zero-order chi connectivity index (χ0) is 42.7. The third-order valence-electron chi connectivity index (χ3n) is 11.9. The highest BCUT2D eigenvalue weighted by atomic mass is 32.1. The minimum absolute atomic E-state index is 0.00210. The molecule has 0 aliphatic heterocycles. The van der Waals surface area contributed by atoms with Gasteiger partial charge in [0.25, 0.3) is 0 Å². The van der Waals surface area contributed by atoms with Gasteiger partial charge in [-0.3, -0.25) is 0 Å². The van der Waals surface area contributed by atoms with Crippen LogP contribution in [-0.2, 0) is 0 Å². The molecule has 0 saturated carbocycles. The van der Waals surface area contributed by atoms with Gasteiger partial charge in [-0.1, -0.05) is 182 Å². The van der Waals surface area contributed by atoms with Gasteiger partial charge in [-0.15, -0.1) is 11.3 Å². The molecule has 0 bridgehead atoms.